The van der Waals surface area contributed by atoms with Gasteiger partial charge in [0.1, 0.15) is 12.0 Å². The molecular weight excluding hydrogens is 186 g/mol. The first-order valence-corrected chi connectivity index (χ1v) is 4.50. The van der Waals surface area contributed by atoms with Gasteiger partial charge in [0.2, 0.25) is 0 Å². The van der Waals surface area contributed by atoms with Crippen LogP contribution in [0.25, 0.3) is 0 Å². The summed E-state index contributed by atoms with van der Waals surface area (Å²) in [6, 6.07) is 0. The molecule has 0 amide bonds. The predicted octanol–water partition coefficient (Wildman–Crippen LogP) is -0.918. The number of rotatable bonds is 6. The van der Waals surface area contributed by atoms with E-state index in [1.54, 1.807) is 0 Å². The highest BCUT2D eigenvalue weighted by Gasteiger charge is 2.33. The van der Waals surface area contributed by atoms with Crippen molar-refractivity contribution in [1.82, 2.24) is 4.90 Å². The van der Waals surface area contributed by atoms with Gasteiger partial charge in [-0.05, 0) is 21.0 Å². The Kier molecular flexibility index (Phi) is 5.68. The Morgan fingerprint density at radius 3 is 2.21 bits per heavy atom. The lowest BCUT2D eigenvalue weighted by Gasteiger charge is -2.22. The lowest BCUT2D eigenvalue weighted by molar-refractivity contribution is -0.160. The number of nitrogens with zero attached hydrogens (tertiary/aromatic N) is 1. The average Bonchev–Trinajstić information content (AvgIpc) is 2.15. The largest absolute Gasteiger partial charge is 0.464 e. The van der Waals surface area contributed by atoms with Crippen LogP contribution in [-0.2, 0) is 9.53 Å². The molecular formula is C9H19NO4. The molecule has 2 N–H and O–H groups in total. The van der Waals surface area contributed by atoms with Crippen molar-refractivity contribution in [2.45, 2.75) is 6.92 Å². The van der Waals surface area contributed by atoms with E-state index in [1.807, 2.05) is 19.0 Å². The number of esters is 1. The third kappa shape index (κ3) is 4.04. The molecule has 0 radical (unpaired) electrons. The van der Waals surface area contributed by atoms with E-state index in [0.29, 0.717) is 6.54 Å². The molecule has 0 fully saturated rings. The summed E-state index contributed by atoms with van der Waals surface area (Å²) in [4.78, 5) is 13.2. The first-order valence-electron chi connectivity index (χ1n) is 4.50. The Labute approximate surface area is 84.3 Å². The zero-order chi connectivity index (χ0) is 11.2. The summed E-state index contributed by atoms with van der Waals surface area (Å²) >= 11 is 0. The van der Waals surface area contributed by atoms with E-state index in [4.69, 9.17) is 14.9 Å². The van der Waals surface area contributed by atoms with Gasteiger partial charge in [0.05, 0.1) is 13.2 Å². The van der Waals surface area contributed by atoms with E-state index in [-0.39, 0.29) is 6.61 Å². The number of likely N-dealkylation sites (N-methyl/N-ethyl adjacent to an activating group) is 1. The molecule has 0 saturated heterocycles. The topological polar surface area (TPSA) is 70.0 Å². The van der Waals surface area contributed by atoms with Gasteiger partial charge in [0.15, 0.2) is 0 Å². The molecule has 0 heterocycles. The summed E-state index contributed by atoms with van der Waals surface area (Å²) in [7, 11) is 3.73. The van der Waals surface area contributed by atoms with Crippen LogP contribution in [0.15, 0.2) is 0 Å². The molecule has 14 heavy (non-hydrogen) atoms. The van der Waals surface area contributed by atoms with Crippen LogP contribution in [0.4, 0.5) is 0 Å². The van der Waals surface area contributed by atoms with Crippen molar-refractivity contribution in [3.63, 3.8) is 0 Å². The summed E-state index contributed by atoms with van der Waals surface area (Å²) < 4.78 is 4.90. The molecule has 0 aromatic rings. The Hall–Kier alpha value is -0.650. The normalized spacial score (nSPS) is 11.9. The Morgan fingerprint density at radius 1 is 1.36 bits per heavy atom. The Balaban J connectivity index is 3.94. The quantitative estimate of drug-likeness (QED) is 0.549. The van der Waals surface area contributed by atoms with Gasteiger partial charge in [-0.1, -0.05) is 0 Å². The number of hydrogen-bond acceptors (Lipinski definition) is 5. The highest BCUT2D eigenvalue weighted by Crippen LogP contribution is 2.16. The van der Waals surface area contributed by atoms with Crippen molar-refractivity contribution in [3.05, 3.63) is 0 Å². The van der Waals surface area contributed by atoms with Crippen LogP contribution in [0.2, 0.25) is 0 Å². The van der Waals surface area contributed by atoms with E-state index in [1.165, 1.54) is 6.92 Å². The van der Waals surface area contributed by atoms with Gasteiger partial charge in [-0.3, -0.25) is 4.79 Å². The second kappa shape index (κ2) is 5.95. The van der Waals surface area contributed by atoms with E-state index in [2.05, 4.69) is 0 Å². The summed E-state index contributed by atoms with van der Waals surface area (Å²) in [5.41, 5.74) is -1.19. The van der Waals surface area contributed by atoms with Crippen LogP contribution in [0, 0.1) is 5.41 Å². The Bertz CT molecular complexity index is 178. The second-order valence-corrected chi connectivity index (χ2v) is 3.82. The summed E-state index contributed by atoms with van der Waals surface area (Å²) in [5.74, 6) is -0.565. The first-order chi connectivity index (χ1) is 6.46. The van der Waals surface area contributed by atoms with Crippen LogP contribution in [-0.4, -0.2) is 61.5 Å². The SMILES string of the molecule is CN(C)CCOC(=O)C(C)(CO)CO. The molecule has 0 aromatic heterocycles. The maximum Gasteiger partial charge on any atom is 0.316 e. The van der Waals surface area contributed by atoms with Gasteiger partial charge >= 0.3 is 5.97 Å². The number of aliphatic hydroxyl groups is 2. The monoisotopic (exact) mass is 205 g/mol. The van der Waals surface area contributed by atoms with Crippen molar-refractivity contribution >= 4 is 5.97 Å². The molecule has 5 heteroatoms. The summed E-state index contributed by atoms with van der Waals surface area (Å²) in [6.07, 6.45) is 0. The highest BCUT2D eigenvalue weighted by molar-refractivity contribution is 5.76. The van der Waals surface area contributed by atoms with Crippen LogP contribution < -0.4 is 0 Å². The van der Waals surface area contributed by atoms with E-state index < -0.39 is 24.6 Å². The minimum Gasteiger partial charge on any atom is -0.464 e. The molecule has 0 spiro atoms. The number of ether oxygens (including phenoxy) is 1. The van der Waals surface area contributed by atoms with Crippen molar-refractivity contribution in [1.29, 1.82) is 0 Å². The smallest absolute Gasteiger partial charge is 0.316 e. The van der Waals surface area contributed by atoms with Gasteiger partial charge in [-0.25, -0.2) is 0 Å². The van der Waals surface area contributed by atoms with Crippen LogP contribution in [0.1, 0.15) is 6.92 Å². The average molecular weight is 205 g/mol. The fraction of sp³-hybridized carbons (Fsp3) is 0.889. The highest BCUT2D eigenvalue weighted by atomic mass is 16.5. The minimum atomic E-state index is -1.19. The maximum atomic E-state index is 11.3. The van der Waals surface area contributed by atoms with Gasteiger partial charge < -0.3 is 19.8 Å². The van der Waals surface area contributed by atoms with Crippen LogP contribution >= 0.6 is 0 Å². The minimum absolute atomic E-state index is 0.265. The third-order valence-corrected chi connectivity index (χ3v) is 1.96. The molecule has 0 aliphatic carbocycles. The molecule has 0 unspecified atom stereocenters. The van der Waals surface area contributed by atoms with E-state index in [9.17, 15) is 4.79 Å². The molecule has 0 bridgehead atoms. The molecule has 0 rings (SSSR count). The molecule has 0 saturated carbocycles. The number of hydrogen-bond donors (Lipinski definition) is 2. The molecule has 0 aromatic carbocycles. The third-order valence-electron chi connectivity index (χ3n) is 1.96. The van der Waals surface area contributed by atoms with Gasteiger partial charge in [0.25, 0.3) is 0 Å². The van der Waals surface area contributed by atoms with Crippen molar-refractivity contribution in [3.8, 4) is 0 Å². The predicted molar refractivity (Wildman–Crippen MR) is 51.8 cm³/mol. The fourth-order valence-electron chi connectivity index (χ4n) is 0.674. The van der Waals surface area contributed by atoms with Gasteiger partial charge in [-0.2, -0.15) is 0 Å². The van der Waals surface area contributed by atoms with E-state index >= 15 is 0 Å². The van der Waals surface area contributed by atoms with Crippen molar-refractivity contribution in [2.24, 2.45) is 5.41 Å². The number of aliphatic hydroxyl groups excluding tert-OH is 2. The molecule has 0 aliphatic heterocycles. The van der Waals surface area contributed by atoms with Crippen molar-refractivity contribution < 1.29 is 19.7 Å². The first kappa shape index (κ1) is 13.4. The van der Waals surface area contributed by atoms with Gasteiger partial charge in [0, 0.05) is 6.54 Å². The lowest BCUT2D eigenvalue weighted by Crippen LogP contribution is -2.38. The van der Waals surface area contributed by atoms with Crippen molar-refractivity contribution in [2.75, 3.05) is 40.5 Å². The van der Waals surface area contributed by atoms with Crippen LogP contribution in [0.3, 0.4) is 0 Å². The molecule has 84 valence electrons. The lowest BCUT2D eigenvalue weighted by atomic mass is 9.93. The maximum absolute atomic E-state index is 11.3. The standard InChI is InChI=1S/C9H19NO4/c1-9(6-11,7-12)8(13)14-5-4-10(2)3/h11-12H,4-7H2,1-3H3. The molecule has 5 nitrogen and oxygen atoms in total. The number of carbonyl (C=O) groups excluding carboxylic acids is 1. The van der Waals surface area contributed by atoms with Crippen LogP contribution in [0.5, 0.6) is 0 Å². The zero-order valence-corrected chi connectivity index (χ0v) is 8.99. The van der Waals surface area contributed by atoms with Gasteiger partial charge in [-0.15, -0.1) is 0 Å². The second-order valence-electron chi connectivity index (χ2n) is 3.82. The molecule has 0 atom stereocenters. The summed E-state index contributed by atoms with van der Waals surface area (Å²) in [5, 5.41) is 17.8. The summed E-state index contributed by atoms with van der Waals surface area (Å²) in [6.45, 7) is 1.53. The Morgan fingerprint density at radius 2 is 1.86 bits per heavy atom. The number of carbonyl (C=O) groups is 1. The van der Waals surface area contributed by atoms with E-state index in [0.717, 1.165) is 0 Å². The molecule has 0 aliphatic rings. The zero-order valence-electron chi connectivity index (χ0n) is 8.99. The fourth-order valence-corrected chi connectivity index (χ4v) is 0.674.